The minimum Gasteiger partial charge on any atom is -0.497 e. The Morgan fingerprint density at radius 2 is 2.09 bits per heavy atom. The van der Waals surface area contributed by atoms with Crippen molar-refractivity contribution in [3.05, 3.63) is 52.8 Å². The Morgan fingerprint density at radius 1 is 1.36 bits per heavy atom. The molecule has 6 nitrogen and oxygen atoms in total. The summed E-state index contributed by atoms with van der Waals surface area (Å²) in [6.07, 6.45) is 1.30. The van der Waals surface area contributed by atoms with E-state index in [1.807, 2.05) is 24.3 Å². The molecular weight excluding hydrogens is 306 g/mol. The topological polar surface area (TPSA) is 77.2 Å². The summed E-state index contributed by atoms with van der Waals surface area (Å²) in [5.74, 6) is -0.273. The van der Waals surface area contributed by atoms with Crippen molar-refractivity contribution in [1.29, 1.82) is 0 Å². The van der Waals surface area contributed by atoms with Gasteiger partial charge in [-0.2, -0.15) is 5.10 Å². The van der Waals surface area contributed by atoms with Crippen molar-refractivity contribution in [3.63, 3.8) is 0 Å². The summed E-state index contributed by atoms with van der Waals surface area (Å²) in [4.78, 5) is 15.2. The number of benzene rings is 1. The van der Waals surface area contributed by atoms with Gasteiger partial charge in [0.2, 0.25) is 0 Å². The summed E-state index contributed by atoms with van der Waals surface area (Å²) in [5.41, 5.74) is 1.63. The fourth-order valence-electron chi connectivity index (χ4n) is 2.15. The SMILES string of the molecule is COc1ccc(Cn2nc(Cl)c3cc(C(=O)O)cnc32)cc1. The molecular formula is C15H12ClN3O3. The summed E-state index contributed by atoms with van der Waals surface area (Å²) < 4.78 is 6.76. The first kappa shape index (κ1) is 14.3. The average molecular weight is 318 g/mol. The van der Waals surface area contributed by atoms with E-state index >= 15 is 0 Å². The summed E-state index contributed by atoms with van der Waals surface area (Å²) >= 11 is 6.08. The highest BCUT2D eigenvalue weighted by Crippen LogP contribution is 2.23. The van der Waals surface area contributed by atoms with Crippen LogP contribution < -0.4 is 4.74 Å². The third-order valence-corrected chi connectivity index (χ3v) is 3.56. The van der Waals surface area contributed by atoms with Crippen LogP contribution in [0, 0.1) is 0 Å². The van der Waals surface area contributed by atoms with Crippen molar-refractivity contribution in [3.8, 4) is 5.75 Å². The quantitative estimate of drug-likeness (QED) is 0.800. The van der Waals surface area contributed by atoms with E-state index < -0.39 is 5.97 Å². The van der Waals surface area contributed by atoms with Crippen LogP contribution in [0.5, 0.6) is 5.75 Å². The van der Waals surface area contributed by atoms with E-state index in [0.29, 0.717) is 17.6 Å². The van der Waals surface area contributed by atoms with E-state index in [1.54, 1.807) is 11.8 Å². The van der Waals surface area contributed by atoms with Crippen LogP contribution in [0.4, 0.5) is 0 Å². The standard InChI is InChI=1S/C15H12ClN3O3/c1-22-11-4-2-9(3-5-11)8-19-14-12(13(16)18-19)6-10(7-17-14)15(20)21/h2-7H,8H2,1H3,(H,20,21). The van der Waals surface area contributed by atoms with E-state index in [2.05, 4.69) is 10.1 Å². The molecule has 0 saturated carbocycles. The monoisotopic (exact) mass is 317 g/mol. The molecule has 0 aliphatic carbocycles. The number of carbonyl (C=O) groups is 1. The van der Waals surface area contributed by atoms with Crippen LogP contribution in [0.2, 0.25) is 5.15 Å². The average Bonchev–Trinajstić information content (AvgIpc) is 2.84. The Kier molecular flexibility index (Phi) is 3.68. The summed E-state index contributed by atoms with van der Waals surface area (Å²) in [6, 6.07) is 9.04. The number of ether oxygens (including phenoxy) is 1. The van der Waals surface area contributed by atoms with E-state index in [4.69, 9.17) is 21.4 Å². The lowest BCUT2D eigenvalue weighted by molar-refractivity contribution is 0.0696. The van der Waals surface area contributed by atoms with Crippen LogP contribution in [0.25, 0.3) is 11.0 Å². The molecule has 3 aromatic rings. The maximum Gasteiger partial charge on any atom is 0.337 e. The molecule has 1 aromatic carbocycles. The van der Waals surface area contributed by atoms with Gasteiger partial charge in [0.25, 0.3) is 0 Å². The number of carboxylic acids is 1. The second kappa shape index (κ2) is 5.65. The zero-order chi connectivity index (χ0) is 15.7. The number of aromatic carboxylic acids is 1. The van der Waals surface area contributed by atoms with Gasteiger partial charge >= 0.3 is 5.97 Å². The Morgan fingerprint density at radius 3 is 2.73 bits per heavy atom. The molecule has 3 rings (SSSR count). The van der Waals surface area contributed by atoms with Gasteiger partial charge < -0.3 is 9.84 Å². The molecule has 0 bridgehead atoms. The summed E-state index contributed by atoms with van der Waals surface area (Å²) in [5, 5.41) is 14.0. The highest BCUT2D eigenvalue weighted by molar-refractivity contribution is 6.34. The second-order valence-corrected chi connectivity index (χ2v) is 5.05. The van der Waals surface area contributed by atoms with Crippen molar-refractivity contribution in [2.75, 3.05) is 7.11 Å². The molecule has 2 aromatic heterocycles. The molecule has 0 unspecified atom stereocenters. The molecule has 0 aliphatic heterocycles. The summed E-state index contributed by atoms with van der Waals surface area (Å²) in [6.45, 7) is 0.479. The van der Waals surface area contributed by atoms with E-state index in [0.717, 1.165) is 11.3 Å². The van der Waals surface area contributed by atoms with Crippen LogP contribution in [-0.4, -0.2) is 33.0 Å². The van der Waals surface area contributed by atoms with Gasteiger partial charge in [-0.25, -0.2) is 14.5 Å². The molecule has 112 valence electrons. The van der Waals surface area contributed by atoms with Gasteiger partial charge in [-0.05, 0) is 23.8 Å². The number of nitrogens with zero attached hydrogens (tertiary/aromatic N) is 3. The third-order valence-electron chi connectivity index (χ3n) is 3.28. The number of carboxylic acid groups (broad SMARTS) is 1. The molecule has 2 heterocycles. The summed E-state index contributed by atoms with van der Waals surface area (Å²) in [7, 11) is 1.61. The fourth-order valence-corrected chi connectivity index (χ4v) is 2.38. The smallest absolute Gasteiger partial charge is 0.337 e. The molecule has 0 spiro atoms. The molecule has 0 radical (unpaired) electrons. The molecule has 0 atom stereocenters. The van der Waals surface area contributed by atoms with Crippen molar-refractivity contribution in [1.82, 2.24) is 14.8 Å². The van der Waals surface area contributed by atoms with Crippen molar-refractivity contribution in [2.24, 2.45) is 0 Å². The number of halogens is 1. The molecule has 1 N–H and O–H groups in total. The van der Waals surface area contributed by atoms with Gasteiger partial charge in [0, 0.05) is 6.20 Å². The number of aromatic nitrogens is 3. The number of fused-ring (bicyclic) bond motifs is 1. The van der Waals surface area contributed by atoms with Gasteiger partial charge in [0.1, 0.15) is 5.75 Å². The van der Waals surface area contributed by atoms with E-state index in [1.165, 1.54) is 12.3 Å². The van der Waals surface area contributed by atoms with Gasteiger partial charge in [0.15, 0.2) is 10.8 Å². The predicted molar refractivity (Wildman–Crippen MR) is 81.6 cm³/mol. The lowest BCUT2D eigenvalue weighted by atomic mass is 10.2. The Labute approximate surface area is 130 Å². The maximum absolute atomic E-state index is 11.0. The first-order chi connectivity index (χ1) is 10.6. The largest absolute Gasteiger partial charge is 0.497 e. The minimum absolute atomic E-state index is 0.0818. The van der Waals surface area contributed by atoms with Crippen LogP contribution in [-0.2, 0) is 6.54 Å². The number of hydrogen-bond donors (Lipinski definition) is 1. The number of rotatable bonds is 4. The lowest BCUT2D eigenvalue weighted by Gasteiger charge is -2.05. The van der Waals surface area contributed by atoms with Gasteiger partial charge in [-0.15, -0.1) is 0 Å². The fraction of sp³-hybridized carbons (Fsp3) is 0.133. The van der Waals surface area contributed by atoms with E-state index in [9.17, 15) is 4.79 Å². The van der Waals surface area contributed by atoms with E-state index in [-0.39, 0.29) is 10.7 Å². The first-order valence-electron chi connectivity index (χ1n) is 6.47. The zero-order valence-electron chi connectivity index (χ0n) is 11.7. The van der Waals surface area contributed by atoms with Gasteiger partial charge in [-0.1, -0.05) is 23.7 Å². The molecule has 0 aliphatic rings. The number of hydrogen-bond acceptors (Lipinski definition) is 4. The molecule has 0 fully saturated rings. The van der Waals surface area contributed by atoms with Gasteiger partial charge in [0.05, 0.1) is 24.6 Å². The van der Waals surface area contributed by atoms with Crippen molar-refractivity contribution in [2.45, 2.75) is 6.54 Å². The van der Waals surface area contributed by atoms with Crippen LogP contribution in [0.3, 0.4) is 0 Å². The Balaban J connectivity index is 1.98. The van der Waals surface area contributed by atoms with Crippen molar-refractivity contribution >= 4 is 28.6 Å². The lowest BCUT2D eigenvalue weighted by Crippen LogP contribution is -2.03. The van der Waals surface area contributed by atoms with Crippen molar-refractivity contribution < 1.29 is 14.6 Å². The molecule has 0 saturated heterocycles. The Bertz CT molecular complexity index is 843. The molecule has 22 heavy (non-hydrogen) atoms. The van der Waals surface area contributed by atoms with Crippen LogP contribution in [0.1, 0.15) is 15.9 Å². The molecule has 0 amide bonds. The highest BCUT2D eigenvalue weighted by Gasteiger charge is 2.13. The normalized spacial score (nSPS) is 10.8. The minimum atomic E-state index is -1.05. The molecule has 7 heteroatoms. The third kappa shape index (κ3) is 2.60. The highest BCUT2D eigenvalue weighted by atomic mass is 35.5. The Hall–Kier alpha value is -2.60. The van der Waals surface area contributed by atoms with Crippen LogP contribution in [0.15, 0.2) is 36.5 Å². The van der Waals surface area contributed by atoms with Crippen LogP contribution >= 0.6 is 11.6 Å². The number of methoxy groups -OCH3 is 1. The predicted octanol–water partition coefficient (Wildman–Crippen LogP) is 2.84. The number of pyridine rings is 1. The maximum atomic E-state index is 11.0. The van der Waals surface area contributed by atoms with Gasteiger partial charge in [-0.3, -0.25) is 0 Å². The zero-order valence-corrected chi connectivity index (χ0v) is 12.4. The first-order valence-corrected chi connectivity index (χ1v) is 6.84. The second-order valence-electron chi connectivity index (χ2n) is 4.70.